The molecule has 0 spiro atoms. The van der Waals surface area contributed by atoms with Crippen molar-refractivity contribution in [2.45, 2.75) is 11.4 Å². The molecule has 3 rings (SSSR count). The third kappa shape index (κ3) is 5.08. The van der Waals surface area contributed by atoms with Crippen molar-refractivity contribution in [3.05, 3.63) is 42.4 Å². The highest BCUT2D eigenvalue weighted by Crippen LogP contribution is 2.30. The van der Waals surface area contributed by atoms with Gasteiger partial charge in [-0.05, 0) is 24.3 Å². The van der Waals surface area contributed by atoms with Crippen LogP contribution in [-0.4, -0.2) is 65.6 Å². The average Bonchev–Trinajstić information content (AvgIpc) is 3.26. The van der Waals surface area contributed by atoms with Crippen LogP contribution in [0.15, 0.2) is 45.9 Å². The van der Waals surface area contributed by atoms with E-state index in [-0.39, 0.29) is 10.8 Å². The summed E-state index contributed by atoms with van der Waals surface area (Å²) in [5, 5.41) is 2.81. The number of methoxy groups -OCH3 is 2. The summed E-state index contributed by atoms with van der Waals surface area (Å²) in [6, 6.07) is 8.12. The van der Waals surface area contributed by atoms with Crippen LogP contribution in [0.5, 0.6) is 11.5 Å². The van der Waals surface area contributed by atoms with Gasteiger partial charge in [-0.25, -0.2) is 8.42 Å². The molecular formula is C19H26N3O6S+. The summed E-state index contributed by atoms with van der Waals surface area (Å²) in [6.45, 7) is 2.44. The number of benzene rings is 1. The van der Waals surface area contributed by atoms with Crippen LogP contribution in [0.25, 0.3) is 0 Å². The van der Waals surface area contributed by atoms with Crippen molar-refractivity contribution in [2.75, 3.05) is 46.9 Å². The third-order valence-electron chi connectivity index (χ3n) is 4.87. The molecule has 0 bridgehead atoms. The number of hydrogen-bond donors (Lipinski definition) is 2. The Morgan fingerprint density at radius 1 is 1.17 bits per heavy atom. The van der Waals surface area contributed by atoms with Crippen LogP contribution in [-0.2, 0) is 21.4 Å². The number of rotatable bonds is 8. The zero-order valence-electron chi connectivity index (χ0n) is 16.5. The van der Waals surface area contributed by atoms with E-state index in [9.17, 15) is 13.2 Å². The van der Waals surface area contributed by atoms with Crippen molar-refractivity contribution >= 4 is 15.9 Å². The van der Waals surface area contributed by atoms with E-state index < -0.39 is 10.0 Å². The van der Waals surface area contributed by atoms with E-state index in [0.29, 0.717) is 56.5 Å². The number of piperazine rings is 1. The quantitative estimate of drug-likeness (QED) is 0.593. The van der Waals surface area contributed by atoms with E-state index in [1.807, 2.05) is 0 Å². The standard InChI is InChI=1S/C19H25N3O6S/c1-26-17-6-5-16(12-18(17)27-2)29(24,25)22-9-7-21(8-10-22)14-19(23)20-13-15-4-3-11-28-15/h3-6,11-12H,7-10,13-14H2,1-2H3,(H,20,23)/p+1. The lowest BCUT2D eigenvalue weighted by atomic mass is 10.3. The highest BCUT2D eigenvalue weighted by Gasteiger charge is 2.31. The summed E-state index contributed by atoms with van der Waals surface area (Å²) in [7, 11) is -0.675. The molecule has 1 aromatic heterocycles. The van der Waals surface area contributed by atoms with Crippen LogP contribution in [0.2, 0.25) is 0 Å². The molecule has 1 fully saturated rings. The van der Waals surface area contributed by atoms with E-state index in [2.05, 4.69) is 5.32 Å². The van der Waals surface area contributed by atoms with E-state index in [4.69, 9.17) is 13.9 Å². The second-order valence-corrected chi connectivity index (χ2v) is 8.64. The fourth-order valence-electron chi connectivity index (χ4n) is 3.23. The second kappa shape index (κ2) is 9.29. The van der Waals surface area contributed by atoms with Crippen LogP contribution >= 0.6 is 0 Å². The van der Waals surface area contributed by atoms with Crippen molar-refractivity contribution < 1.29 is 32.0 Å². The summed E-state index contributed by atoms with van der Waals surface area (Å²) < 4.78 is 42.9. The fourth-order valence-corrected chi connectivity index (χ4v) is 4.69. The van der Waals surface area contributed by atoms with Crippen LogP contribution in [0, 0.1) is 0 Å². The Bertz CT molecular complexity index is 921. The normalized spacial score (nSPS) is 15.8. The maximum Gasteiger partial charge on any atom is 0.275 e. The topological polar surface area (TPSA) is 103 Å². The molecule has 1 saturated heterocycles. The molecule has 0 radical (unpaired) electrons. The number of nitrogens with one attached hydrogen (secondary N) is 2. The van der Waals surface area contributed by atoms with Crippen LogP contribution in [0.4, 0.5) is 0 Å². The van der Waals surface area contributed by atoms with Gasteiger partial charge in [-0.2, -0.15) is 4.31 Å². The van der Waals surface area contributed by atoms with Crippen molar-refractivity contribution in [2.24, 2.45) is 0 Å². The summed E-state index contributed by atoms with van der Waals surface area (Å²) in [6.07, 6.45) is 1.56. The van der Waals surface area contributed by atoms with Crippen molar-refractivity contribution in [3.8, 4) is 11.5 Å². The lowest BCUT2D eigenvalue weighted by Crippen LogP contribution is -3.15. The van der Waals surface area contributed by atoms with Gasteiger partial charge >= 0.3 is 0 Å². The van der Waals surface area contributed by atoms with Gasteiger partial charge in [0.1, 0.15) is 5.76 Å². The number of nitrogens with zero attached hydrogens (tertiary/aromatic N) is 1. The molecule has 2 aromatic rings. The van der Waals surface area contributed by atoms with Gasteiger partial charge in [-0.3, -0.25) is 4.79 Å². The molecule has 10 heteroatoms. The molecule has 0 saturated carbocycles. The Morgan fingerprint density at radius 3 is 2.52 bits per heavy atom. The molecule has 2 heterocycles. The summed E-state index contributed by atoms with van der Waals surface area (Å²) in [5.41, 5.74) is 0. The van der Waals surface area contributed by atoms with E-state index >= 15 is 0 Å². The number of amides is 1. The molecule has 1 aliphatic heterocycles. The molecule has 0 atom stereocenters. The molecule has 0 unspecified atom stereocenters. The molecule has 9 nitrogen and oxygen atoms in total. The third-order valence-corrected chi connectivity index (χ3v) is 6.77. The van der Waals surface area contributed by atoms with E-state index in [1.54, 1.807) is 24.5 Å². The number of carbonyl (C=O) groups is 1. The zero-order chi connectivity index (χ0) is 20.9. The van der Waals surface area contributed by atoms with Gasteiger partial charge in [0.15, 0.2) is 18.0 Å². The average molecular weight is 424 g/mol. The Balaban J connectivity index is 1.54. The fraction of sp³-hybridized carbons (Fsp3) is 0.421. The van der Waals surface area contributed by atoms with Gasteiger partial charge in [-0.1, -0.05) is 0 Å². The smallest absolute Gasteiger partial charge is 0.275 e. The van der Waals surface area contributed by atoms with Crippen molar-refractivity contribution in [1.29, 1.82) is 0 Å². The Labute approximate surface area is 170 Å². The maximum absolute atomic E-state index is 12.9. The molecule has 1 aromatic carbocycles. The van der Waals surface area contributed by atoms with Crippen molar-refractivity contribution in [3.63, 3.8) is 0 Å². The molecule has 1 amide bonds. The van der Waals surface area contributed by atoms with Gasteiger partial charge in [0.25, 0.3) is 5.91 Å². The van der Waals surface area contributed by atoms with Crippen LogP contribution in [0.1, 0.15) is 5.76 Å². The highest BCUT2D eigenvalue weighted by atomic mass is 32.2. The number of carbonyl (C=O) groups excluding carboxylic acids is 1. The molecule has 158 valence electrons. The first-order valence-electron chi connectivity index (χ1n) is 9.29. The van der Waals surface area contributed by atoms with Crippen LogP contribution < -0.4 is 19.7 Å². The Kier molecular flexibility index (Phi) is 6.78. The highest BCUT2D eigenvalue weighted by molar-refractivity contribution is 7.89. The molecular weight excluding hydrogens is 398 g/mol. The predicted molar refractivity (Wildman–Crippen MR) is 104 cm³/mol. The number of furan rings is 1. The maximum atomic E-state index is 12.9. The SMILES string of the molecule is COc1ccc(S(=O)(=O)N2CC[NH+](CC(=O)NCc3ccco3)CC2)cc1OC. The monoisotopic (exact) mass is 424 g/mol. The summed E-state index contributed by atoms with van der Waals surface area (Å²) in [4.78, 5) is 13.3. The second-order valence-electron chi connectivity index (χ2n) is 6.70. The van der Waals surface area contributed by atoms with Gasteiger partial charge < -0.3 is 24.1 Å². The van der Waals surface area contributed by atoms with E-state index in [0.717, 1.165) is 4.90 Å². The molecule has 1 aliphatic rings. The predicted octanol–water partition coefficient (Wildman–Crippen LogP) is -0.498. The minimum absolute atomic E-state index is 0.0902. The number of quaternary nitrogens is 1. The largest absolute Gasteiger partial charge is 0.493 e. The Hall–Kier alpha value is -2.56. The lowest BCUT2D eigenvalue weighted by Gasteiger charge is -2.31. The van der Waals surface area contributed by atoms with E-state index in [1.165, 1.54) is 30.7 Å². The summed E-state index contributed by atoms with van der Waals surface area (Å²) >= 11 is 0. The Morgan fingerprint density at radius 2 is 1.90 bits per heavy atom. The lowest BCUT2D eigenvalue weighted by molar-refractivity contribution is -0.895. The first-order valence-corrected chi connectivity index (χ1v) is 10.7. The molecule has 29 heavy (non-hydrogen) atoms. The van der Waals surface area contributed by atoms with Gasteiger partial charge in [-0.15, -0.1) is 0 Å². The van der Waals surface area contributed by atoms with Crippen LogP contribution in [0.3, 0.4) is 0 Å². The zero-order valence-corrected chi connectivity index (χ0v) is 17.3. The van der Waals surface area contributed by atoms with Crippen molar-refractivity contribution in [1.82, 2.24) is 9.62 Å². The van der Waals surface area contributed by atoms with Gasteiger partial charge in [0.2, 0.25) is 10.0 Å². The minimum Gasteiger partial charge on any atom is -0.493 e. The number of ether oxygens (including phenoxy) is 2. The number of sulfonamides is 1. The number of hydrogen-bond acceptors (Lipinski definition) is 6. The van der Waals surface area contributed by atoms with Gasteiger partial charge in [0.05, 0.1) is 58.1 Å². The first kappa shape index (κ1) is 21.2. The van der Waals surface area contributed by atoms with Gasteiger partial charge in [0, 0.05) is 6.07 Å². The molecule has 0 aliphatic carbocycles. The molecule has 2 N–H and O–H groups in total. The summed E-state index contributed by atoms with van der Waals surface area (Å²) in [5.74, 6) is 1.44. The first-order chi connectivity index (χ1) is 13.9. The minimum atomic E-state index is -3.64.